The highest BCUT2D eigenvalue weighted by Crippen LogP contribution is 2.28. The van der Waals surface area contributed by atoms with Crippen LogP contribution in [0.25, 0.3) is 0 Å². The van der Waals surface area contributed by atoms with Gasteiger partial charge in [-0.05, 0) is 49.6 Å². The Morgan fingerprint density at radius 1 is 1.33 bits per heavy atom. The Balaban J connectivity index is 2.96. The second kappa shape index (κ2) is 5.05. The minimum absolute atomic E-state index is 0.208. The molecule has 15 heavy (non-hydrogen) atoms. The van der Waals surface area contributed by atoms with E-state index in [0.29, 0.717) is 4.47 Å². The van der Waals surface area contributed by atoms with E-state index in [1.54, 1.807) is 6.07 Å². The van der Waals surface area contributed by atoms with Gasteiger partial charge >= 0.3 is 5.97 Å². The van der Waals surface area contributed by atoms with Crippen LogP contribution in [0.3, 0.4) is 0 Å². The molecule has 2 N–H and O–H groups in total. The third kappa shape index (κ3) is 2.99. The van der Waals surface area contributed by atoms with Crippen molar-refractivity contribution in [3.63, 3.8) is 0 Å². The number of hydrogen-bond donors (Lipinski definition) is 2. The smallest absolute Gasteiger partial charge is 0.341 e. The molecule has 0 radical (unpaired) electrons. The van der Waals surface area contributed by atoms with Gasteiger partial charge in [0, 0.05) is 8.95 Å². The van der Waals surface area contributed by atoms with E-state index >= 15 is 0 Å². The molecule has 0 aliphatic carbocycles. The SMILES string of the molecule is O=C(O)C(F)C(O)c1ccc(Br)c(Br)c1. The van der Waals surface area contributed by atoms with E-state index in [4.69, 9.17) is 5.11 Å². The van der Waals surface area contributed by atoms with E-state index in [9.17, 15) is 14.3 Å². The molecular weight excluding hydrogens is 335 g/mol. The zero-order valence-electron chi connectivity index (χ0n) is 7.32. The highest BCUT2D eigenvalue weighted by molar-refractivity contribution is 9.13. The van der Waals surface area contributed by atoms with Crippen molar-refractivity contribution in [2.45, 2.75) is 12.3 Å². The Hall–Kier alpha value is -0.460. The fraction of sp³-hybridized carbons (Fsp3) is 0.222. The summed E-state index contributed by atoms with van der Waals surface area (Å²) in [6, 6.07) is 4.51. The second-order valence-corrected chi connectivity index (χ2v) is 4.57. The molecule has 0 heterocycles. The van der Waals surface area contributed by atoms with Crippen LogP contribution in [0, 0.1) is 0 Å². The van der Waals surface area contributed by atoms with Crippen molar-refractivity contribution < 1.29 is 19.4 Å². The van der Waals surface area contributed by atoms with Gasteiger partial charge in [0.05, 0.1) is 0 Å². The van der Waals surface area contributed by atoms with Crippen LogP contribution in [0.1, 0.15) is 11.7 Å². The topological polar surface area (TPSA) is 57.5 Å². The van der Waals surface area contributed by atoms with E-state index in [1.807, 2.05) is 0 Å². The summed E-state index contributed by atoms with van der Waals surface area (Å²) in [5.74, 6) is -1.68. The molecule has 0 aliphatic heterocycles. The molecule has 1 aromatic rings. The Kier molecular flexibility index (Phi) is 4.24. The van der Waals surface area contributed by atoms with Gasteiger partial charge in [-0.15, -0.1) is 0 Å². The van der Waals surface area contributed by atoms with Crippen molar-refractivity contribution in [1.82, 2.24) is 0 Å². The lowest BCUT2D eigenvalue weighted by Gasteiger charge is -2.13. The van der Waals surface area contributed by atoms with Crippen molar-refractivity contribution in [3.8, 4) is 0 Å². The van der Waals surface area contributed by atoms with Gasteiger partial charge in [-0.1, -0.05) is 6.07 Å². The molecule has 0 amide bonds. The standard InChI is InChI=1S/C9H7Br2FO3/c10-5-2-1-4(3-6(5)11)8(13)7(12)9(14)15/h1-3,7-8,13H,(H,14,15). The second-order valence-electron chi connectivity index (χ2n) is 2.86. The fourth-order valence-corrected chi connectivity index (χ4v) is 1.64. The third-order valence-corrected chi connectivity index (χ3v) is 3.68. The van der Waals surface area contributed by atoms with Gasteiger partial charge in [0.2, 0.25) is 6.17 Å². The molecule has 2 unspecified atom stereocenters. The number of rotatable bonds is 3. The first-order chi connectivity index (χ1) is 6.93. The number of benzene rings is 1. The van der Waals surface area contributed by atoms with Crippen LogP contribution in [0.15, 0.2) is 27.1 Å². The molecule has 0 bridgehead atoms. The number of aliphatic hydroxyl groups excluding tert-OH is 1. The molecule has 0 spiro atoms. The monoisotopic (exact) mass is 340 g/mol. The maximum atomic E-state index is 13.0. The number of hydrogen-bond acceptors (Lipinski definition) is 2. The molecule has 1 aromatic carbocycles. The quantitative estimate of drug-likeness (QED) is 0.888. The Labute approximate surface area is 102 Å². The molecule has 0 saturated carbocycles. The molecule has 1 rings (SSSR count). The molecule has 2 atom stereocenters. The number of carboxylic acids is 1. The maximum absolute atomic E-state index is 13.0. The van der Waals surface area contributed by atoms with Gasteiger partial charge in [-0.3, -0.25) is 0 Å². The lowest BCUT2D eigenvalue weighted by molar-refractivity contribution is -0.147. The van der Waals surface area contributed by atoms with Gasteiger partial charge in [0.25, 0.3) is 0 Å². The number of carboxylic acid groups (broad SMARTS) is 1. The highest BCUT2D eigenvalue weighted by Gasteiger charge is 2.27. The average Bonchev–Trinajstić information content (AvgIpc) is 2.19. The molecular formula is C9H7Br2FO3. The van der Waals surface area contributed by atoms with Gasteiger partial charge in [-0.2, -0.15) is 0 Å². The van der Waals surface area contributed by atoms with E-state index in [-0.39, 0.29) is 5.56 Å². The van der Waals surface area contributed by atoms with E-state index in [1.165, 1.54) is 12.1 Å². The van der Waals surface area contributed by atoms with Gasteiger partial charge in [0.15, 0.2) is 0 Å². The Morgan fingerprint density at radius 3 is 2.40 bits per heavy atom. The van der Waals surface area contributed by atoms with Crippen LogP contribution >= 0.6 is 31.9 Å². The molecule has 3 nitrogen and oxygen atoms in total. The minimum atomic E-state index is -2.32. The maximum Gasteiger partial charge on any atom is 0.341 e. The van der Waals surface area contributed by atoms with Crippen LogP contribution in [-0.4, -0.2) is 22.4 Å². The number of alkyl halides is 1. The molecule has 0 fully saturated rings. The van der Waals surface area contributed by atoms with E-state index in [0.717, 1.165) is 4.47 Å². The summed E-state index contributed by atoms with van der Waals surface area (Å²) in [6.07, 6.45) is -3.98. The highest BCUT2D eigenvalue weighted by atomic mass is 79.9. The number of aliphatic hydroxyl groups is 1. The van der Waals surface area contributed by atoms with Crippen LogP contribution in [0.4, 0.5) is 4.39 Å². The van der Waals surface area contributed by atoms with E-state index in [2.05, 4.69) is 31.9 Å². The molecule has 0 aromatic heterocycles. The largest absolute Gasteiger partial charge is 0.479 e. The van der Waals surface area contributed by atoms with Gasteiger partial charge in [0.1, 0.15) is 6.10 Å². The predicted molar refractivity (Wildman–Crippen MR) is 59.3 cm³/mol. The summed E-state index contributed by atoms with van der Waals surface area (Å²) in [4.78, 5) is 10.3. The Bertz CT molecular complexity index is 384. The van der Waals surface area contributed by atoms with Crippen molar-refractivity contribution in [3.05, 3.63) is 32.7 Å². The van der Waals surface area contributed by atoms with Gasteiger partial charge < -0.3 is 10.2 Å². The lowest BCUT2D eigenvalue weighted by Crippen LogP contribution is -2.23. The first kappa shape index (κ1) is 12.6. The van der Waals surface area contributed by atoms with Crippen molar-refractivity contribution in [1.29, 1.82) is 0 Å². The summed E-state index contributed by atoms with van der Waals surface area (Å²) in [6.45, 7) is 0. The van der Waals surface area contributed by atoms with Crippen molar-refractivity contribution in [2.75, 3.05) is 0 Å². The molecule has 6 heteroatoms. The summed E-state index contributed by atoms with van der Waals surface area (Å²) >= 11 is 6.38. The predicted octanol–water partition coefficient (Wildman–Crippen LogP) is 2.67. The van der Waals surface area contributed by atoms with E-state index < -0.39 is 18.2 Å². The molecule has 0 aliphatic rings. The van der Waals surface area contributed by atoms with Crippen LogP contribution in [0.5, 0.6) is 0 Å². The number of halogens is 3. The normalized spacial score (nSPS) is 14.7. The van der Waals surface area contributed by atoms with Gasteiger partial charge in [-0.25, -0.2) is 9.18 Å². The van der Waals surface area contributed by atoms with Crippen LogP contribution in [-0.2, 0) is 4.79 Å². The fourth-order valence-electron chi connectivity index (χ4n) is 1.00. The first-order valence-corrected chi connectivity index (χ1v) is 5.52. The third-order valence-electron chi connectivity index (χ3n) is 1.80. The summed E-state index contributed by atoms with van der Waals surface area (Å²) in [7, 11) is 0. The zero-order valence-corrected chi connectivity index (χ0v) is 10.5. The average molecular weight is 342 g/mol. The summed E-state index contributed by atoms with van der Waals surface area (Å²) < 4.78 is 14.3. The summed E-state index contributed by atoms with van der Waals surface area (Å²) in [5.41, 5.74) is 0.208. The van der Waals surface area contributed by atoms with Crippen LogP contribution < -0.4 is 0 Å². The van der Waals surface area contributed by atoms with Crippen LogP contribution in [0.2, 0.25) is 0 Å². The number of aliphatic carboxylic acids is 1. The molecule has 82 valence electrons. The molecule has 0 saturated heterocycles. The summed E-state index contributed by atoms with van der Waals surface area (Å²) in [5, 5.41) is 17.8. The first-order valence-electron chi connectivity index (χ1n) is 3.93. The minimum Gasteiger partial charge on any atom is -0.479 e. The lowest BCUT2D eigenvalue weighted by atomic mass is 10.1. The van der Waals surface area contributed by atoms with Crippen molar-refractivity contribution >= 4 is 37.8 Å². The van der Waals surface area contributed by atoms with Crippen molar-refractivity contribution in [2.24, 2.45) is 0 Å². The Morgan fingerprint density at radius 2 is 1.93 bits per heavy atom. The zero-order chi connectivity index (χ0) is 11.6. The number of carbonyl (C=O) groups is 1.